The Morgan fingerprint density at radius 2 is 2.00 bits per heavy atom. The van der Waals surface area contributed by atoms with E-state index in [1.807, 2.05) is 13.8 Å². The first kappa shape index (κ1) is 13.3. The highest BCUT2D eigenvalue weighted by Crippen LogP contribution is 2.24. The molecule has 1 N–H and O–H groups in total. The number of rotatable bonds is 3. The minimum Gasteiger partial charge on any atom is -0.317 e. The van der Waals surface area contributed by atoms with Gasteiger partial charge in [0, 0.05) is 0 Å². The van der Waals surface area contributed by atoms with E-state index >= 15 is 0 Å². The van der Waals surface area contributed by atoms with Gasteiger partial charge in [-0.3, -0.25) is 10.1 Å². The van der Waals surface area contributed by atoms with Crippen LogP contribution < -0.4 is 5.32 Å². The van der Waals surface area contributed by atoms with Gasteiger partial charge in [-0.25, -0.2) is 0 Å². The van der Waals surface area contributed by atoms with Gasteiger partial charge in [0.1, 0.15) is 6.54 Å². The lowest BCUT2D eigenvalue weighted by Crippen LogP contribution is -2.42. The van der Waals surface area contributed by atoms with Crippen molar-refractivity contribution >= 4 is 5.91 Å². The molecule has 1 amide bonds. The molecule has 2 unspecified atom stereocenters. The van der Waals surface area contributed by atoms with Crippen LogP contribution in [0.3, 0.4) is 0 Å². The van der Waals surface area contributed by atoms with Crippen LogP contribution in [0.2, 0.25) is 0 Å². The van der Waals surface area contributed by atoms with E-state index in [0.29, 0.717) is 6.42 Å². The van der Waals surface area contributed by atoms with Crippen LogP contribution in [0.4, 0.5) is 13.2 Å². The lowest BCUT2D eigenvalue weighted by atomic mass is 10.1. The van der Waals surface area contributed by atoms with Gasteiger partial charge in [-0.2, -0.15) is 13.2 Å². The smallest absolute Gasteiger partial charge is 0.317 e. The highest BCUT2D eigenvalue weighted by molar-refractivity contribution is 5.84. The molecule has 1 fully saturated rings. The van der Waals surface area contributed by atoms with E-state index in [1.54, 1.807) is 6.92 Å². The van der Waals surface area contributed by atoms with Gasteiger partial charge in [0.2, 0.25) is 5.91 Å². The van der Waals surface area contributed by atoms with Crippen LogP contribution in [0.5, 0.6) is 0 Å². The molecule has 94 valence electrons. The average Bonchev–Trinajstić information content (AvgIpc) is 2.42. The Kier molecular flexibility index (Phi) is 3.83. The van der Waals surface area contributed by atoms with Crippen LogP contribution in [0.25, 0.3) is 0 Å². The Morgan fingerprint density at radius 3 is 2.38 bits per heavy atom. The number of alkyl halides is 3. The summed E-state index contributed by atoms with van der Waals surface area (Å²) in [5.74, 6) is -0.445. The zero-order valence-corrected chi connectivity index (χ0v) is 9.64. The number of hydrogen-bond acceptors (Lipinski definition) is 2. The van der Waals surface area contributed by atoms with Crippen LogP contribution in [-0.4, -0.2) is 35.7 Å². The summed E-state index contributed by atoms with van der Waals surface area (Å²) in [5.41, 5.74) is 0. The van der Waals surface area contributed by atoms with Gasteiger partial charge in [0.15, 0.2) is 0 Å². The predicted molar refractivity (Wildman–Crippen MR) is 53.6 cm³/mol. The molecule has 3 nitrogen and oxygen atoms in total. The molecule has 2 atom stereocenters. The zero-order chi connectivity index (χ0) is 12.5. The first-order chi connectivity index (χ1) is 7.26. The molecule has 0 bridgehead atoms. The minimum atomic E-state index is -4.34. The average molecular weight is 238 g/mol. The SMILES string of the molecule is CCC1NC(C(C)C)C(=O)N1CC(F)(F)F. The molecular formula is C10H17F3N2O. The molecular weight excluding hydrogens is 221 g/mol. The molecule has 0 radical (unpaired) electrons. The maximum atomic E-state index is 12.3. The highest BCUT2D eigenvalue weighted by atomic mass is 19.4. The normalized spacial score (nSPS) is 26.9. The molecule has 0 spiro atoms. The second-order valence-electron chi connectivity index (χ2n) is 4.39. The van der Waals surface area contributed by atoms with Crippen LogP contribution in [0.1, 0.15) is 27.2 Å². The molecule has 1 aliphatic rings. The van der Waals surface area contributed by atoms with Crippen molar-refractivity contribution in [1.82, 2.24) is 10.2 Å². The number of nitrogens with zero attached hydrogens (tertiary/aromatic N) is 1. The summed E-state index contributed by atoms with van der Waals surface area (Å²) in [6.45, 7) is 4.23. The van der Waals surface area contributed by atoms with Gasteiger partial charge in [0.25, 0.3) is 0 Å². The molecule has 0 saturated carbocycles. The third-order valence-electron chi connectivity index (χ3n) is 2.70. The van der Waals surface area contributed by atoms with Crippen molar-refractivity contribution in [3.8, 4) is 0 Å². The Labute approximate surface area is 93.0 Å². The lowest BCUT2D eigenvalue weighted by molar-refractivity contribution is -0.161. The van der Waals surface area contributed by atoms with E-state index in [9.17, 15) is 18.0 Å². The molecule has 0 aromatic carbocycles. The molecule has 6 heteroatoms. The van der Waals surface area contributed by atoms with Crippen LogP contribution in [0, 0.1) is 5.92 Å². The van der Waals surface area contributed by atoms with E-state index in [1.165, 1.54) is 0 Å². The van der Waals surface area contributed by atoms with Crippen molar-refractivity contribution in [3.05, 3.63) is 0 Å². The van der Waals surface area contributed by atoms with Gasteiger partial charge in [-0.05, 0) is 12.3 Å². The van der Waals surface area contributed by atoms with Gasteiger partial charge < -0.3 is 4.90 Å². The van der Waals surface area contributed by atoms with E-state index in [2.05, 4.69) is 5.32 Å². The van der Waals surface area contributed by atoms with E-state index < -0.39 is 30.8 Å². The van der Waals surface area contributed by atoms with Crippen LogP contribution in [-0.2, 0) is 4.79 Å². The molecule has 1 saturated heterocycles. The summed E-state index contributed by atoms with van der Waals surface area (Å²) in [5, 5.41) is 2.94. The largest absolute Gasteiger partial charge is 0.406 e. The Hall–Kier alpha value is -0.780. The van der Waals surface area contributed by atoms with Crippen molar-refractivity contribution in [2.45, 2.75) is 45.6 Å². The van der Waals surface area contributed by atoms with Crippen molar-refractivity contribution in [2.24, 2.45) is 5.92 Å². The van der Waals surface area contributed by atoms with Crippen molar-refractivity contribution in [3.63, 3.8) is 0 Å². The second-order valence-corrected chi connectivity index (χ2v) is 4.39. The van der Waals surface area contributed by atoms with Crippen molar-refractivity contribution < 1.29 is 18.0 Å². The predicted octanol–water partition coefficient (Wildman–Crippen LogP) is 1.74. The molecule has 1 aliphatic heterocycles. The number of halogens is 3. The topological polar surface area (TPSA) is 32.3 Å². The third-order valence-corrected chi connectivity index (χ3v) is 2.70. The molecule has 1 heterocycles. The van der Waals surface area contributed by atoms with Gasteiger partial charge in [-0.15, -0.1) is 0 Å². The Bertz CT molecular complexity index is 265. The van der Waals surface area contributed by atoms with E-state index in [4.69, 9.17) is 0 Å². The number of hydrogen-bond donors (Lipinski definition) is 1. The fourth-order valence-corrected chi connectivity index (χ4v) is 1.90. The molecule has 0 aromatic heterocycles. The van der Waals surface area contributed by atoms with Crippen molar-refractivity contribution in [1.29, 1.82) is 0 Å². The quantitative estimate of drug-likeness (QED) is 0.812. The summed E-state index contributed by atoms with van der Waals surface area (Å²) in [4.78, 5) is 12.7. The third kappa shape index (κ3) is 2.87. The fraction of sp³-hybridized carbons (Fsp3) is 0.900. The first-order valence-electron chi connectivity index (χ1n) is 5.39. The summed E-state index contributed by atoms with van der Waals surface area (Å²) < 4.78 is 36.9. The summed E-state index contributed by atoms with van der Waals surface area (Å²) in [7, 11) is 0. The standard InChI is InChI=1S/C10H17F3N2O/c1-4-7-14-8(6(2)3)9(16)15(7)5-10(11,12)13/h6-8,14H,4-5H2,1-3H3. The Morgan fingerprint density at radius 1 is 1.44 bits per heavy atom. The van der Waals surface area contributed by atoms with Gasteiger partial charge in [0.05, 0.1) is 12.2 Å². The lowest BCUT2D eigenvalue weighted by Gasteiger charge is -2.24. The second kappa shape index (κ2) is 4.61. The van der Waals surface area contributed by atoms with Crippen LogP contribution >= 0.6 is 0 Å². The monoisotopic (exact) mass is 238 g/mol. The number of amides is 1. The maximum absolute atomic E-state index is 12.3. The van der Waals surface area contributed by atoms with Gasteiger partial charge >= 0.3 is 6.18 Å². The maximum Gasteiger partial charge on any atom is 0.406 e. The van der Waals surface area contributed by atoms with E-state index in [0.717, 1.165) is 4.90 Å². The molecule has 0 aliphatic carbocycles. The minimum absolute atomic E-state index is 0.000200. The fourth-order valence-electron chi connectivity index (χ4n) is 1.90. The van der Waals surface area contributed by atoms with Crippen LogP contribution in [0.15, 0.2) is 0 Å². The summed E-state index contributed by atoms with van der Waals surface area (Å²) in [6, 6.07) is -0.493. The first-order valence-corrected chi connectivity index (χ1v) is 5.39. The molecule has 0 aromatic rings. The zero-order valence-electron chi connectivity index (χ0n) is 9.64. The summed E-state index contributed by atoms with van der Waals surface area (Å²) in [6.07, 6.45) is -4.36. The number of carbonyl (C=O) groups is 1. The Balaban J connectivity index is 2.78. The number of nitrogens with one attached hydrogen (secondary N) is 1. The summed E-state index contributed by atoms with van der Waals surface area (Å²) >= 11 is 0. The number of carbonyl (C=O) groups excluding carboxylic acids is 1. The molecule has 1 rings (SSSR count). The van der Waals surface area contributed by atoms with Crippen molar-refractivity contribution in [2.75, 3.05) is 6.54 Å². The molecule has 16 heavy (non-hydrogen) atoms. The highest BCUT2D eigenvalue weighted by Gasteiger charge is 2.44. The van der Waals surface area contributed by atoms with Gasteiger partial charge in [-0.1, -0.05) is 20.8 Å². The van der Waals surface area contributed by atoms with E-state index in [-0.39, 0.29) is 5.92 Å².